The van der Waals surface area contributed by atoms with E-state index in [2.05, 4.69) is 4.99 Å². The van der Waals surface area contributed by atoms with Gasteiger partial charge in [0.2, 0.25) is 0 Å². The van der Waals surface area contributed by atoms with Crippen molar-refractivity contribution in [1.29, 1.82) is 0 Å². The molecule has 1 N–H and O–H groups in total. The van der Waals surface area contributed by atoms with Gasteiger partial charge < -0.3 is 5.11 Å². The average molecular weight is 175 g/mol. The lowest BCUT2D eigenvalue weighted by Crippen LogP contribution is -2.28. The van der Waals surface area contributed by atoms with E-state index in [-0.39, 0.29) is 5.75 Å². The third-order valence-corrected chi connectivity index (χ3v) is 2.19. The molecule has 0 radical (unpaired) electrons. The molecule has 1 rings (SSSR count). The molecular formula is C5H9N3O2S. The zero-order valence-electron chi connectivity index (χ0n) is 6.10. The molecule has 0 saturated heterocycles. The molecule has 0 aromatic rings. The first kappa shape index (κ1) is 8.35. The van der Waals surface area contributed by atoms with Crippen LogP contribution < -0.4 is 0 Å². The fraction of sp³-hybridized carbons (Fsp3) is 0.600. The van der Waals surface area contributed by atoms with Gasteiger partial charge in [-0.25, -0.2) is 0 Å². The number of aliphatic carboxylic acids is 1. The Labute approximate surface area is 68.8 Å². The van der Waals surface area contributed by atoms with Gasteiger partial charge in [0, 0.05) is 7.05 Å². The van der Waals surface area contributed by atoms with Crippen molar-refractivity contribution >= 4 is 24.3 Å². The maximum absolute atomic E-state index is 10.2. The lowest BCUT2D eigenvalue weighted by atomic mass is 10.8. The minimum atomic E-state index is -0.810. The minimum absolute atomic E-state index is 0.0771. The van der Waals surface area contributed by atoms with Crippen LogP contribution in [0.5, 0.6) is 0 Å². The molecule has 6 heteroatoms. The Kier molecular flexibility index (Phi) is 2.72. The van der Waals surface area contributed by atoms with Crippen LogP contribution >= 0.6 is 11.9 Å². The summed E-state index contributed by atoms with van der Waals surface area (Å²) in [5.41, 5.74) is 0. The summed E-state index contributed by atoms with van der Waals surface area (Å²) in [5.74, 6) is -0.733. The van der Waals surface area contributed by atoms with Crippen molar-refractivity contribution in [1.82, 2.24) is 9.42 Å². The van der Waals surface area contributed by atoms with Gasteiger partial charge in [-0.3, -0.25) is 14.8 Å². The second-order valence-electron chi connectivity index (χ2n) is 2.03. The molecule has 11 heavy (non-hydrogen) atoms. The van der Waals surface area contributed by atoms with Gasteiger partial charge in [0.25, 0.3) is 0 Å². The summed E-state index contributed by atoms with van der Waals surface area (Å²) >= 11 is 1.23. The van der Waals surface area contributed by atoms with Crippen LogP contribution in [-0.2, 0) is 4.79 Å². The minimum Gasteiger partial charge on any atom is -0.481 e. The molecule has 1 heterocycles. The average Bonchev–Trinajstić information content (AvgIpc) is 2.31. The third-order valence-electron chi connectivity index (χ3n) is 1.14. The first-order valence-electron chi connectivity index (χ1n) is 3.05. The number of nitrogens with zero attached hydrogens (tertiary/aromatic N) is 3. The Morgan fingerprint density at radius 3 is 3.09 bits per heavy atom. The molecular weight excluding hydrogens is 166 g/mol. The van der Waals surface area contributed by atoms with Gasteiger partial charge in [-0.1, -0.05) is 0 Å². The Morgan fingerprint density at radius 2 is 2.64 bits per heavy atom. The summed E-state index contributed by atoms with van der Waals surface area (Å²) in [5, 5.41) is 10.1. The molecule has 0 amide bonds. The summed E-state index contributed by atoms with van der Waals surface area (Å²) in [6, 6.07) is 0. The van der Waals surface area contributed by atoms with E-state index in [0.717, 1.165) is 0 Å². The highest BCUT2D eigenvalue weighted by Crippen LogP contribution is 2.13. The smallest absolute Gasteiger partial charge is 0.314 e. The van der Waals surface area contributed by atoms with Crippen LogP contribution in [0.1, 0.15) is 0 Å². The zero-order valence-corrected chi connectivity index (χ0v) is 6.91. The predicted molar refractivity (Wildman–Crippen MR) is 43.1 cm³/mol. The topological polar surface area (TPSA) is 56.1 Å². The monoisotopic (exact) mass is 175 g/mol. The quantitative estimate of drug-likeness (QED) is 0.605. The van der Waals surface area contributed by atoms with Crippen molar-refractivity contribution in [2.75, 3.05) is 19.5 Å². The summed E-state index contributed by atoms with van der Waals surface area (Å²) < 4.78 is 1.77. The number of carboxylic acids is 1. The van der Waals surface area contributed by atoms with E-state index in [9.17, 15) is 4.79 Å². The third kappa shape index (κ3) is 2.39. The zero-order chi connectivity index (χ0) is 8.27. The van der Waals surface area contributed by atoms with Crippen LogP contribution in [-0.4, -0.2) is 46.3 Å². The van der Waals surface area contributed by atoms with E-state index in [1.165, 1.54) is 11.9 Å². The molecule has 0 aliphatic carbocycles. The number of hydrazine groups is 1. The lowest BCUT2D eigenvalue weighted by molar-refractivity contribution is -0.133. The van der Waals surface area contributed by atoms with Gasteiger partial charge in [-0.15, -0.1) is 4.41 Å². The van der Waals surface area contributed by atoms with Gasteiger partial charge in [0.05, 0.1) is 0 Å². The van der Waals surface area contributed by atoms with Crippen LogP contribution in [0.4, 0.5) is 0 Å². The maximum atomic E-state index is 10.2. The van der Waals surface area contributed by atoms with Crippen LogP contribution in [0.25, 0.3) is 0 Å². The van der Waals surface area contributed by atoms with E-state index in [1.54, 1.807) is 15.8 Å². The number of carbonyl (C=O) groups is 1. The van der Waals surface area contributed by atoms with Crippen LogP contribution in [0, 0.1) is 0 Å². The van der Waals surface area contributed by atoms with Crippen molar-refractivity contribution in [3.05, 3.63) is 0 Å². The first-order chi connectivity index (χ1) is 5.20. The molecule has 0 bridgehead atoms. The Bertz CT molecular complexity index is 185. The van der Waals surface area contributed by atoms with E-state index in [4.69, 9.17) is 5.11 Å². The van der Waals surface area contributed by atoms with Crippen molar-refractivity contribution in [3.8, 4) is 0 Å². The molecule has 0 atom stereocenters. The highest BCUT2D eigenvalue weighted by molar-refractivity contribution is 7.97. The molecule has 1 aliphatic heterocycles. The summed E-state index contributed by atoms with van der Waals surface area (Å²) in [4.78, 5) is 14.1. The summed E-state index contributed by atoms with van der Waals surface area (Å²) in [7, 11) is 1.82. The van der Waals surface area contributed by atoms with Gasteiger partial charge in [0.1, 0.15) is 18.8 Å². The highest BCUT2D eigenvalue weighted by Gasteiger charge is 2.14. The molecule has 0 aromatic heterocycles. The SMILES string of the molecule is CN1C=NCN1SCC(=O)O. The fourth-order valence-corrected chi connectivity index (χ4v) is 1.28. The largest absolute Gasteiger partial charge is 0.481 e. The van der Waals surface area contributed by atoms with Crippen molar-refractivity contribution in [2.45, 2.75) is 0 Å². The number of carboxylic acid groups (broad SMARTS) is 1. The predicted octanol–water partition coefficient (Wildman–Crippen LogP) is -0.133. The number of rotatable bonds is 3. The molecule has 0 saturated carbocycles. The Hall–Kier alpha value is -0.750. The Balaban J connectivity index is 2.23. The second kappa shape index (κ2) is 3.59. The molecule has 0 spiro atoms. The number of aliphatic imine (C=N–C) groups is 1. The van der Waals surface area contributed by atoms with Crippen molar-refractivity contribution in [2.24, 2.45) is 4.99 Å². The van der Waals surface area contributed by atoms with Crippen molar-refractivity contribution in [3.63, 3.8) is 0 Å². The summed E-state index contributed by atoms with van der Waals surface area (Å²) in [6.45, 7) is 0.536. The van der Waals surface area contributed by atoms with E-state index in [1.807, 2.05) is 7.05 Å². The van der Waals surface area contributed by atoms with E-state index in [0.29, 0.717) is 6.67 Å². The van der Waals surface area contributed by atoms with Crippen LogP contribution in [0.3, 0.4) is 0 Å². The van der Waals surface area contributed by atoms with Gasteiger partial charge in [-0.2, -0.15) is 0 Å². The molecule has 62 valence electrons. The van der Waals surface area contributed by atoms with Gasteiger partial charge in [-0.05, 0) is 11.9 Å². The van der Waals surface area contributed by atoms with Crippen LogP contribution in [0.2, 0.25) is 0 Å². The second-order valence-corrected chi connectivity index (χ2v) is 3.00. The fourth-order valence-electron chi connectivity index (χ4n) is 0.644. The van der Waals surface area contributed by atoms with Crippen LogP contribution in [0.15, 0.2) is 4.99 Å². The molecule has 0 fully saturated rings. The molecule has 5 nitrogen and oxygen atoms in total. The molecule has 0 unspecified atom stereocenters. The van der Waals surface area contributed by atoms with E-state index < -0.39 is 5.97 Å². The van der Waals surface area contributed by atoms with E-state index >= 15 is 0 Å². The van der Waals surface area contributed by atoms with Crippen molar-refractivity contribution < 1.29 is 9.90 Å². The molecule has 1 aliphatic rings. The first-order valence-corrected chi connectivity index (χ1v) is 3.99. The van der Waals surface area contributed by atoms with Gasteiger partial charge in [0.15, 0.2) is 0 Å². The molecule has 0 aromatic carbocycles. The number of hydrogen-bond acceptors (Lipinski definition) is 5. The maximum Gasteiger partial charge on any atom is 0.314 e. The lowest BCUT2D eigenvalue weighted by Gasteiger charge is -2.20. The van der Waals surface area contributed by atoms with Gasteiger partial charge >= 0.3 is 5.97 Å². The highest BCUT2D eigenvalue weighted by atomic mass is 32.2. The standard InChI is InChI=1S/C5H9N3O2S/c1-7-3-6-4-8(7)11-2-5(9)10/h3H,2,4H2,1H3,(H,9,10). The number of hydrogen-bond donors (Lipinski definition) is 1. The Morgan fingerprint density at radius 1 is 1.91 bits per heavy atom. The summed E-state index contributed by atoms with van der Waals surface area (Å²) in [6.07, 6.45) is 1.66. The normalized spacial score (nSPS) is 17.7.